The van der Waals surface area contributed by atoms with Gasteiger partial charge in [-0.3, -0.25) is 0 Å². The fourth-order valence-corrected chi connectivity index (χ4v) is 2.92. The first-order valence-corrected chi connectivity index (χ1v) is 7.07. The summed E-state index contributed by atoms with van der Waals surface area (Å²) in [6.45, 7) is 0. The topological polar surface area (TPSA) is 50.9 Å². The lowest BCUT2D eigenvalue weighted by Crippen LogP contribution is -1.88. The minimum atomic E-state index is 0.511. The zero-order chi connectivity index (χ0) is 13.4. The summed E-state index contributed by atoms with van der Waals surface area (Å²) in [5.41, 5.74) is 8.25. The number of benzene rings is 2. The third-order valence-electron chi connectivity index (χ3n) is 2.58. The fourth-order valence-electron chi connectivity index (χ4n) is 1.69. The van der Waals surface area contributed by atoms with Crippen LogP contribution in [0.25, 0.3) is 10.2 Å². The number of nitrogen functional groups attached to an aromatic ring is 1. The monoisotopic (exact) mass is 309 g/mol. The quantitative estimate of drug-likeness (QED) is 0.660. The molecule has 0 unspecified atom stereocenters. The van der Waals surface area contributed by atoms with Crippen molar-refractivity contribution in [2.24, 2.45) is 0 Å². The van der Waals surface area contributed by atoms with Crippen LogP contribution in [0, 0.1) is 0 Å². The molecule has 0 fully saturated rings. The molecular weight excluding hydrogens is 301 g/mol. The Bertz CT molecular complexity index is 755. The zero-order valence-corrected chi connectivity index (χ0v) is 12.0. The normalized spacial score (nSPS) is 10.8. The van der Waals surface area contributed by atoms with Gasteiger partial charge in [-0.2, -0.15) is 0 Å². The van der Waals surface area contributed by atoms with Gasteiger partial charge < -0.3 is 11.1 Å². The lowest BCUT2D eigenvalue weighted by Gasteiger charge is -2.03. The largest absolute Gasteiger partial charge is 0.399 e. The molecule has 0 saturated heterocycles. The highest BCUT2D eigenvalue weighted by molar-refractivity contribution is 7.22. The zero-order valence-electron chi connectivity index (χ0n) is 9.65. The van der Waals surface area contributed by atoms with Crippen LogP contribution in [-0.2, 0) is 0 Å². The first kappa shape index (κ1) is 12.5. The van der Waals surface area contributed by atoms with Gasteiger partial charge in [0.1, 0.15) is 0 Å². The molecule has 0 aliphatic rings. The van der Waals surface area contributed by atoms with E-state index in [2.05, 4.69) is 10.3 Å². The summed E-state index contributed by atoms with van der Waals surface area (Å²) >= 11 is 13.4. The van der Waals surface area contributed by atoms with E-state index in [1.165, 1.54) is 11.3 Å². The molecule has 0 aliphatic carbocycles. The highest BCUT2D eigenvalue weighted by atomic mass is 35.5. The van der Waals surface area contributed by atoms with Crippen molar-refractivity contribution in [3.63, 3.8) is 0 Å². The molecule has 2 aromatic carbocycles. The molecule has 3 rings (SSSR count). The summed E-state index contributed by atoms with van der Waals surface area (Å²) in [5.74, 6) is 0. The lowest BCUT2D eigenvalue weighted by atomic mass is 10.3. The first-order chi connectivity index (χ1) is 9.11. The van der Waals surface area contributed by atoms with Gasteiger partial charge in [-0.1, -0.05) is 34.5 Å². The number of hydrogen-bond donors (Lipinski definition) is 2. The van der Waals surface area contributed by atoms with E-state index in [0.29, 0.717) is 10.0 Å². The molecule has 19 heavy (non-hydrogen) atoms. The summed E-state index contributed by atoms with van der Waals surface area (Å²) in [5, 5.41) is 5.04. The van der Waals surface area contributed by atoms with E-state index in [4.69, 9.17) is 28.9 Å². The molecule has 96 valence electrons. The van der Waals surface area contributed by atoms with E-state index in [0.717, 1.165) is 26.7 Å². The smallest absolute Gasteiger partial charge is 0.188 e. The van der Waals surface area contributed by atoms with Crippen LogP contribution in [-0.4, -0.2) is 4.98 Å². The van der Waals surface area contributed by atoms with Crippen LogP contribution in [0.5, 0.6) is 0 Å². The Morgan fingerprint density at radius 2 is 1.89 bits per heavy atom. The molecule has 3 aromatic rings. The van der Waals surface area contributed by atoms with Crippen molar-refractivity contribution in [1.29, 1.82) is 0 Å². The predicted octanol–water partition coefficient (Wildman–Crippen LogP) is 4.93. The van der Waals surface area contributed by atoms with Gasteiger partial charge >= 0.3 is 0 Å². The maximum atomic E-state index is 5.97. The van der Waals surface area contributed by atoms with Crippen molar-refractivity contribution in [3.8, 4) is 0 Å². The number of rotatable bonds is 2. The van der Waals surface area contributed by atoms with E-state index in [1.54, 1.807) is 12.1 Å². The van der Waals surface area contributed by atoms with Crippen molar-refractivity contribution in [3.05, 3.63) is 46.4 Å². The number of halogens is 2. The number of thiazole rings is 1. The van der Waals surface area contributed by atoms with Gasteiger partial charge in [-0.25, -0.2) is 4.98 Å². The van der Waals surface area contributed by atoms with E-state index in [-0.39, 0.29) is 0 Å². The molecule has 0 saturated carbocycles. The van der Waals surface area contributed by atoms with E-state index < -0.39 is 0 Å². The molecule has 3 N–H and O–H groups in total. The van der Waals surface area contributed by atoms with Crippen LogP contribution in [0.3, 0.4) is 0 Å². The highest BCUT2D eigenvalue weighted by Gasteiger charge is 2.05. The SMILES string of the molecule is Nc1ccc2nc(Nc3ccc(Cl)c(Cl)c3)sc2c1. The van der Waals surface area contributed by atoms with Crippen molar-refractivity contribution >= 4 is 61.3 Å². The summed E-state index contributed by atoms with van der Waals surface area (Å²) in [4.78, 5) is 4.48. The molecule has 0 atom stereocenters. The second-order valence-corrected chi connectivity index (χ2v) is 5.85. The van der Waals surface area contributed by atoms with Crippen molar-refractivity contribution < 1.29 is 0 Å². The third-order valence-corrected chi connectivity index (χ3v) is 4.26. The van der Waals surface area contributed by atoms with Crippen LogP contribution in [0.4, 0.5) is 16.5 Å². The van der Waals surface area contributed by atoms with Crippen molar-refractivity contribution in [2.45, 2.75) is 0 Å². The number of aromatic nitrogens is 1. The van der Waals surface area contributed by atoms with Crippen LogP contribution < -0.4 is 11.1 Å². The molecule has 0 radical (unpaired) electrons. The highest BCUT2D eigenvalue weighted by Crippen LogP contribution is 2.31. The predicted molar refractivity (Wildman–Crippen MR) is 83.8 cm³/mol. The number of nitrogens with one attached hydrogen (secondary N) is 1. The molecule has 0 bridgehead atoms. The summed E-state index contributed by atoms with van der Waals surface area (Å²) in [7, 11) is 0. The van der Waals surface area contributed by atoms with Crippen LogP contribution >= 0.6 is 34.5 Å². The van der Waals surface area contributed by atoms with Crippen LogP contribution in [0.15, 0.2) is 36.4 Å². The number of nitrogens with two attached hydrogens (primary N) is 1. The van der Waals surface area contributed by atoms with Gasteiger partial charge in [-0.15, -0.1) is 0 Å². The third kappa shape index (κ3) is 2.61. The lowest BCUT2D eigenvalue weighted by molar-refractivity contribution is 1.44. The molecule has 0 aliphatic heterocycles. The van der Waals surface area contributed by atoms with Gasteiger partial charge in [0.25, 0.3) is 0 Å². The fraction of sp³-hybridized carbons (Fsp3) is 0. The van der Waals surface area contributed by atoms with Gasteiger partial charge in [0.2, 0.25) is 0 Å². The Morgan fingerprint density at radius 3 is 2.68 bits per heavy atom. The van der Waals surface area contributed by atoms with Gasteiger partial charge in [0.15, 0.2) is 5.13 Å². The van der Waals surface area contributed by atoms with E-state index in [1.807, 2.05) is 24.3 Å². The van der Waals surface area contributed by atoms with Crippen molar-refractivity contribution in [1.82, 2.24) is 4.98 Å². The van der Waals surface area contributed by atoms with Crippen LogP contribution in [0.2, 0.25) is 10.0 Å². The Morgan fingerprint density at radius 1 is 1.05 bits per heavy atom. The summed E-state index contributed by atoms with van der Waals surface area (Å²) in [6.07, 6.45) is 0. The molecule has 6 heteroatoms. The number of fused-ring (bicyclic) bond motifs is 1. The molecule has 1 heterocycles. The Kier molecular flexibility index (Phi) is 3.22. The summed E-state index contributed by atoms with van der Waals surface area (Å²) in [6, 6.07) is 11.0. The Balaban J connectivity index is 1.94. The first-order valence-electron chi connectivity index (χ1n) is 5.50. The second-order valence-electron chi connectivity index (χ2n) is 4.00. The Labute approximate surface area is 124 Å². The van der Waals surface area contributed by atoms with Crippen molar-refractivity contribution in [2.75, 3.05) is 11.1 Å². The molecule has 3 nitrogen and oxygen atoms in total. The second kappa shape index (κ2) is 4.89. The summed E-state index contributed by atoms with van der Waals surface area (Å²) < 4.78 is 1.04. The molecule has 0 amide bonds. The standard InChI is InChI=1S/C13H9Cl2N3S/c14-9-3-2-8(6-10(9)15)17-13-18-11-4-1-7(16)5-12(11)19-13/h1-6H,16H2,(H,17,18). The maximum absolute atomic E-state index is 5.97. The number of hydrogen-bond acceptors (Lipinski definition) is 4. The Hall–Kier alpha value is -1.49. The van der Waals surface area contributed by atoms with E-state index >= 15 is 0 Å². The minimum absolute atomic E-state index is 0.511. The number of nitrogens with zero attached hydrogens (tertiary/aromatic N) is 1. The number of anilines is 3. The molecule has 1 aromatic heterocycles. The molecule has 0 spiro atoms. The maximum Gasteiger partial charge on any atom is 0.188 e. The van der Waals surface area contributed by atoms with Gasteiger partial charge in [0.05, 0.1) is 20.3 Å². The van der Waals surface area contributed by atoms with E-state index in [9.17, 15) is 0 Å². The average Bonchev–Trinajstić information content (AvgIpc) is 2.75. The molecular formula is C13H9Cl2N3S. The van der Waals surface area contributed by atoms with Crippen LogP contribution in [0.1, 0.15) is 0 Å². The average molecular weight is 310 g/mol. The minimum Gasteiger partial charge on any atom is -0.399 e. The van der Waals surface area contributed by atoms with Gasteiger partial charge in [-0.05, 0) is 36.4 Å². The van der Waals surface area contributed by atoms with Gasteiger partial charge in [0, 0.05) is 11.4 Å².